The maximum absolute atomic E-state index is 5.32. The smallest absolute Gasteiger partial charge is 0.0890 e. The Balaban J connectivity index is 1.48. The molecule has 0 saturated heterocycles. The van der Waals surface area contributed by atoms with E-state index in [4.69, 9.17) is 19.9 Å². The van der Waals surface area contributed by atoms with Gasteiger partial charge < -0.3 is 0 Å². The van der Waals surface area contributed by atoms with Crippen molar-refractivity contribution in [3.05, 3.63) is 142 Å². The number of aromatic nitrogens is 4. The summed E-state index contributed by atoms with van der Waals surface area (Å²) in [5.74, 6) is 0.115. The molecule has 0 fully saturated rings. The summed E-state index contributed by atoms with van der Waals surface area (Å²) in [6.07, 6.45) is 0. The molecule has 6 aromatic rings. The minimum Gasteiger partial charge on any atom is -0.249 e. The standard InChI is InChI=1S/C32H20N4/c1-2-10-18-17(9-1)25-27-19-11-3-4-12-20(19)28(32-31(27)35-23-15-7-8-16-24(23)36-32)26(18)30-29(25)33-21-13-5-6-14-22(21)34-30/h1-16,25-28H. The predicted molar refractivity (Wildman–Crippen MR) is 139 cm³/mol. The van der Waals surface area contributed by atoms with Crippen LogP contribution in [0.15, 0.2) is 97.1 Å². The molecule has 0 saturated carbocycles. The predicted octanol–water partition coefficient (Wildman–Crippen LogP) is 6.44. The van der Waals surface area contributed by atoms with E-state index in [2.05, 4.69) is 72.8 Å². The number of fused-ring (bicyclic) bond motifs is 2. The van der Waals surface area contributed by atoms with Gasteiger partial charge in [-0.15, -0.1) is 0 Å². The molecule has 4 aromatic carbocycles. The third-order valence-corrected chi connectivity index (χ3v) is 8.43. The number of hydrogen-bond donors (Lipinski definition) is 0. The summed E-state index contributed by atoms with van der Waals surface area (Å²) in [6, 6.07) is 34.3. The first-order valence-corrected chi connectivity index (χ1v) is 12.6. The van der Waals surface area contributed by atoms with Crippen LogP contribution < -0.4 is 0 Å². The third kappa shape index (κ3) is 2.25. The van der Waals surface area contributed by atoms with Crippen molar-refractivity contribution in [2.45, 2.75) is 23.7 Å². The first-order valence-electron chi connectivity index (χ1n) is 12.6. The van der Waals surface area contributed by atoms with Crippen molar-refractivity contribution >= 4 is 22.1 Å². The van der Waals surface area contributed by atoms with Crippen LogP contribution in [0.5, 0.6) is 0 Å². The highest BCUT2D eigenvalue weighted by molar-refractivity contribution is 5.78. The van der Waals surface area contributed by atoms with Gasteiger partial charge in [-0.25, -0.2) is 19.9 Å². The molecule has 4 heteroatoms. The summed E-state index contributed by atoms with van der Waals surface area (Å²) in [4.78, 5) is 21.3. The van der Waals surface area contributed by atoms with Crippen LogP contribution in [0, 0.1) is 0 Å². The van der Waals surface area contributed by atoms with Gasteiger partial charge in [0.15, 0.2) is 0 Å². The summed E-state index contributed by atoms with van der Waals surface area (Å²) in [6.45, 7) is 0. The second-order valence-electron chi connectivity index (χ2n) is 10.1. The van der Waals surface area contributed by atoms with Crippen molar-refractivity contribution in [3.63, 3.8) is 0 Å². The quantitative estimate of drug-likeness (QED) is 0.262. The molecular formula is C32H20N4. The van der Waals surface area contributed by atoms with Crippen molar-refractivity contribution in [1.82, 2.24) is 19.9 Å². The van der Waals surface area contributed by atoms with Crippen LogP contribution in [0.1, 0.15) is 68.7 Å². The van der Waals surface area contributed by atoms with Crippen LogP contribution in [0.3, 0.4) is 0 Å². The van der Waals surface area contributed by atoms with E-state index in [-0.39, 0.29) is 23.7 Å². The maximum Gasteiger partial charge on any atom is 0.0890 e. The summed E-state index contributed by atoms with van der Waals surface area (Å²) >= 11 is 0. The van der Waals surface area contributed by atoms with Crippen molar-refractivity contribution in [2.24, 2.45) is 0 Å². The molecule has 4 nitrogen and oxygen atoms in total. The Morgan fingerprint density at radius 3 is 0.778 bits per heavy atom. The van der Waals surface area contributed by atoms with E-state index < -0.39 is 0 Å². The molecule has 4 unspecified atom stereocenters. The third-order valence-electron chi connectivity index (χ3n) is 8.43. The van der Waals surface area contributed by atoms with Crippen LogP contribution in [0.4, 0.5) is 0 Å². The Morgan fingerprint density at radius 1 is 0.306 bits per heavy atom. The zero-order valence-electron chi connectivity index (χ0n) is 19.3. The molecule has 12 rings (SSSR count). The van der Waals surface area contributed by atoms with E-state index in [1.165, 1.54) is 22.3 Å². The van der Waals surface area contributed by atoms with Crippen molar-refractivity contribution in [1.29, 1.82) is 0 Å². The van der Waals surface area contributed by atoms with Gasteiger partial charge in [0, 0.05) is 23.7 Å². The van der Waals surface area contributed by atoms with Gasteiger partial charge in [0.25, 0.3) is 0 Å². The molecule has 36 heavy (non-hydrogen) atoms. The molecule has 0 radical (unpaired) electrons. The Hall–Kier alpha value is -4.44. The topological polar surface area (TPSA) is 51.6 Å². The lowest BCUT2D eigenvalue weighted by Crippen LogP contribution is -2.38. The highest BCUT2D eigenvalue weighted by Gasteiger charge is 2.52. The number of hydrogen-bond acceptors (Lipinski definition) is 4. The average Bonchev–Trinajstić information content (AvgIpc) is 2.92. The van der Waals surface area contributed by atoms with E-state index in [9.17, 15) is 0 Å². The fourth-order valence-electron chi connectivity index (χ4n) is 7.06. The number of benzene rings is 4. The minimum atomic E-state index is 0.0289. The van der Waals surface area contributed by atoms with Gasteiger partial charge in [0.05, 0.1) is 44.8 Å². The van der Waals surface area contributed by atoms with Gasteiger partial charge in [0.1, 0.15) is 0 Å². The van der Waals surface area contributed by atoms with Gasteiger partial charge >= 0.3 is 0 Å². The first-order chi connectivity index (χ1) is 17.9. The second kappa shape index (κ2) is 6.61. The molecule has 0 amide bonds. The summed E-state index contributed by atoms with van der Waals surface area (Å²) < 4.78 is 0. The van der Waals surface area contributed by atoms with Crippen LogP contribution in [0.25, 0.3) is 22.1 Å². The molecule has 0 N–H and O–H groups in total. The zero-order valence-corrected chi connectivity index (χ0v) is 19.3. The Kier molecular flexibility index (Phi) is 3.46. The van der Waals surface area contributed by atoms with E-state index >= 15 is 0 Å². The van der Waals surface area contributed by atoms with Crippen molar-refractivity contribution < 1.29 is 0 Å². The molecule has 6 aliphatic carbocycles. The zero-order chi connectivity index (χ0) is 23.4. The monoisotopic (exact) mass is 460 g/mol. The van der Waals surface area contributed by atoms with Gasteiger partial charge in [0.2, 0.25) is 0 Å². The average molecular weight is 461 g/mol. The lowest BCUT2D eigenvalue weighted by atomic mass is 9.56. The van der Waals surface area contributed by atoms with Gasteiger partial charge in [-0.3, -0.25) is 0 Å². The van der Waals surface area contributed by atoms with Crippen LogP contribution in [-0.2, 0) is 0 Å². The lowest BCUT2D eigenvalue weighted by Gasteiger charge is -2.47. The highest BCUT2D eigenvalue weighted by atomic mass is 14.9. The number of rotatable bonds is 0. The van der Waals surface area contributed by atoms with Crippen molar-refractivity contribution in [2.75, 3.05) is 0 Å². The Bertz CT molecular complexity index is 1620. The number of nitrogens with zero attached hydrogens (tertiary/aromatic N) is 4. The maximum atomic E-state index is 5.32. The SMILES string of the molecule is c1ccc2c(c1)C1c3nc4ccccc4nc3C2C2c3ccccc3C1c1nc3ccccc3nc12. The Labute approximate surface area is 207 Å². The molecule has 2 aromatic heterocycles. The fraction of sp³-hybridized carbons (Fsp3) is 0.125. The summed E-state index contributed by atoms with van der Waals surface area (Å²) in [5.41, 5.74) is 13.6. The molecule has 2 heterocycles. The van der Waals surface area contributed by atoms with Gasteiger partial charge in [-0.05, 0) is 46.5 Å². The van der Waals surface area contributed by atoms with E-state index in [1.54, 1.807) is 0 Å². The van der Waals surface area contributed by atoms with E-state index in [0.29, 0.717) is 0 Å². The van der Waals surface area contributed by atoms with Gasteiger partial charge in [-0.2, -0.15) is 0 Å². The summed E-state index contributed by atoms with van der Waals surface area (Å²) in [7, 11) is 0. The second-order valence-corrected chi connectivity index (χ2v) is 10.1. The molecule has 0 spiro atoms. The first kappa shape index (κ1) is 18.8. The highest BCUT2D eigenvalue weighted by Crippen LogP contribution is 2.62. The molecule has 168 valence electrons. The normalized spacial score (nSPS) is 22.4. The number of para-hydroxylation sites is 4. The molecule has 4 atom stereocenters. The largest absolute Gasteiger partial charge is 0.249 e. The van der Waals surface area contributed by atoms with E-state index in [1.807, 2.05) is 24.3 Å². The van der Waals surface area contributed by atoms with Crippen LogP contribution in [0.2, 0.25) is 0 Å². The molecule has 6 aliphatic rings. The van der Waals surface area contributed by atoms with E-state index in [0.717, 1.165) is 44.8 Å². The Morgan fingerprint density at radius 2 is 0.528 bits per heavy atom. The minimum absolute atomic E-state index is 0.0289. The van der Waals surface area contributed by atoms with Crippen LogP contribution >= 0.6 is 0 Å². The fourth-order valence-corrected chi connectivity index (χ4v) is 7.06. The van der Waals surface area contributed by atoms with Crippen LogP contribution in [-0.4, -0.2) is 19.9 Å². The molecule has 4 bridgehead atoms. The summed E-state index contributed by atoms with van der Waals surface area (Å²) in [5, 5.41) is 0. The molecule has 0 aliphatic heterocycles. The molecular weight excluding hydrogens is 440 g/mol. The lowest BCUT2D eigenvalue weighted by molar-refractivity contribution is 0.494. The van der Waals surface area contributed by atoms with Crippen molar-refractivity contribution in [3.8, 4) is 0 Å². The van der Waals surface area contributed by atoms with Gasteiger partial charge in [-0.1, -0.05) is 72.8 Å².